The number of nitrogens with zero attached hydrogens (tertiary/aromatic N) is 1. The van der Waals surface area contributed by atoms with Gasteiger partial charge in [0.25, 0.3) is 0 Å². The Kier molecular flexibility index (Phi) is 7.22. The second-order valence-electron chi connectivity index (χ2n) is 5.33. The first-order valence-corrected chi connectivity index (χ1v) is 8.88. The van der Waals surface area contributed by atoms with Crippen molar-refractivity contribution in [2.45, 2.75) is 12.7 Å². The maximum absolute atomic E-state index is 11.8. The highest BCUT2D eigenvalue weighted by Gasteiger charge is 2.04. The molecule has 5 nitrogen and oxygen atoms in total. The number of hydrazone groups is 1. The van der Waals surface area contributed by atoms with Crippen LogP contribution in [0.15, 0.2) is 53.6 Å². The third kappa shape index (κ3) is 6.08. The van der Waals surface area contributed by atoms with Crippen molar-refractivity contribution in [3.05, 3.63) is 70.8 Å². The van der Waals surface area contributed by atoms with Gasteiger partial charge in [0.05, 0.1) is 24.6 Å². The topological polar surface area (TPSA) is 67.8 Å². The predicted octanol–water partition coefficient (Wildman–Crippen LogP) is 3.17. The second kappa shape index (κ2) is 9.64. The Morgan fingerprint density at radius 1 is 1.16 bits per heavy atom. The van der Waals surface area contributed by atoms with E-state index in [1.165, 1.54) is 24.5 Å². The molecule has 0 saturated carbocycles. The average molecular weight is 356 g/mol. The van der Waals surface area contributed by atoms with Crippen LogP contribution in [0.1, 0.15) is 27.0 Å². The van der Waals surface area contributed by atoms with Crippen molar-refractivity contribution < 1.29 is 14.3 Å². The van der Waals surface area contributed by atoms with Gasteiger partial charge in [0, 0.05) is 5.75 Å². The van der Waals surface area contributed by atoms with E-state index < -0.39 is 0 Å². The van der Waals surface area contributed by atoms with E-state index in [0.29, 0.717) is 11.3 Å². The molecule has 0 spiro atoms. The fourth-order valence-electron chi connectivity index (χ4n) is 2.06. The molecule has 2 aromatic carbocycles. The number of carbonyl (C=O) groups excluding carboxylic acids is 2. The van der Waals surface area contributed by atoms with Gasteiger partial charge in [-0.05, 0) is 35.7 Å². The standard InChI is InChI=1S/C19H20N2O3S/c1-14-5-3-4-6-17(14)12-25-13-18(22)21-20-11-15-7-9-16(10-8-15)19(23)24-2/h3-11H,12-13H2,1-2H3,(H,21,22). The average Bonchev–Trinajstić information content (AvgIpc) is 2.63. The summed E-state index contributed by atoms with van der Waals surface area (Å²) in [5.41, 5.74) is 6.20. The molecule has 1 N–H and O–H groups in total. The number of aryl methyl sites for hydroxylation is 1. The fraction of sp³-hybridized carbons (Fsp3) is 0.211. The molecule has 1 amide bonds. The minimum Gasteiger partial charge on any atom is -0.465 e. The van der Waals surface area contributed by atoms with Crippen LogP contribution in [-0.4, -0.2) is 31.0 Å². The van der Waals surface area contributed by atoms with E-state index >= 15 is 0 Å². The summed E-state index contributed by atoms with van der Waals surface area (Å²) in [7, 11) is 1.34. The van der Waals surface area contributed by atoms with E-state index in [-0.39, 0.29) is 11.9 Å². The summed E-state index contributed by atoms with van der Waals surface area (Å²) in [6.45, 7) is 2.06. The van der Waals surface area contributed by atoms with Crippen LogP contribution in [0, 0.1) is 6.92 Å². The molecule has 0 radical (unpaired) electrons. The van der Waals surface area contributed by atoms with Crippen molar-refractivity contribution in [2.75, 3.05) is 12.9 Å². The fourth-order valence-corrected chi connectivity index (χ4v) is 2.96. The zero-order valence-electron chi connectivity index (χ0n) is 14.2. The minimum absolute atomic E-state index is 0.152. The number of hydrogen-bond donors (Lipinski definition) is 1. The van der Waals surface area contributed by atoms with Gasteiger partial charge >= 0.3 is 5.97 Å². The van der Waals surface area contributed by atoms with Gasteiger partial charge in [-0.1, -0.05) is 36.4 Å². The first kappa shape index (κ1) is 18.7. The van der Waals surface area contributed by atoms with Gasteiger partial charge in [0.2, 0.25) is 5.91 Å². The number of amides is 1. The molecule has 2 rings (SSSR count). The van der Waals surface area contributed by atoms with Gasteiger partial charge in [-0.15, -0.1) is 11.8 Å². The number of nitrogens with one attached hydrogen (secondary N) is 1. The van der Waals surface area contributed by atoms with Gasteiger partial charge in [-0.25, -0.2) is 10.2 Å². The summed E-state index contributed by atoms with van der Waals surface area (Å²) in [6, 6.07) is 14.9. The Labute approximate surface area is 151 Å². The van der Waals surface area contributed by atoms with E-state index in [2.05, 4.69) is 34.3 Å². The molecule has 0 aliphatic carbocycles. The van der Waals surface area contributed by atoms with Crippen molar-refractivity contribution >= 4 is 29.9 Å². The summed E-state index contributed by atoms with van der Waals surface area (Å²) in [5.74, 6) is 0.592. The van der Waals surface area contributed by atoms with Crippen LogP contribution >= 0.6 is 11.8 Å². The Hall–Kier alpha value is -2.60. The Morgan fingerprint density at radius 2 is 1.88 bits per heavy atom. The SMILES string of the molecule is COC(=O)c1ccc(C=NNC(=O)CSCc2ccccc2C)cc1. The molecule has 0 bridgehead atoms. The van der Waals surface area contributed by atoms with Crippen LogP contribution in [0.25, 0.3) is 0 Å². The first-order valence-electron chi connectivity index (χ1n) is 7.72. The Balaban J connectivity index is 1.75. The number of ether oxygens (including phenoxy) is 1. The summed E-state index contributed by atoms with van der Waals surface area (Å²) in [6.07, 6.45) is 1.53. The van der Waals surface area contributed by atoms with E-state index in [1.807, 2.05) is 12.1 Å². The van der Waals surface area contributed by atoms with Crippen LogP contribution in [0.5, 0.6) is 0 Å². The quantitative estimate of drug-likeness (QED) is 0.470. The van der Waals surface area contributed by atoms with Crippen LogP contribution in [0.4, 0.5) is 0 Å². The third-order valence-corrected chi connectivity index (χ3v) is 4.47. The number of hydrogen-bond acceptors (Lipinski definition) is 5. The summed E-state index contributed by atoms with van der Waals surface area (Å²) >= 11 is 1.55. The van der Waals surface area contributed by atoms with Gasteiger partial charge in [0.15, 0.2) is 0 Å². The molecule has 0 heterocycles. The highest BCUT2D eigenvalue weighted by Crippen LogP contribution is 2.15. The monoisotopic (exact) mass is 356 g/mol. The lowest BCUT2D eigenvalue weighted by molar-refractivity contribution is -0.118. The molecule has 0 fully saturated rings. The van der Waals surface area contributed by atoms with Gasteiger partial charge < -0.3 is 4.74 Å². The lowest BCUT2D eigenvalue weighted by Gasteiger charge is -2.04. The molecule has 0 saturated heterocycles. The normalized spacial score (nSPS) is 10.6. The molecule has 25 heavy (non-hydrogen) atoms. The summed E-state index contributed by atoms with van der Waals surface area (Å²) < 4.78 is 4.63. The van der Waals surface area contributed by atoms with E-state index in [4.69, 9.17) is 0 Å². The third-order valence-electron chi connectivity index (χ3n) is 3.49. The van der Waals surface area contributed by atoms with Crippen LogP contribution in [-0.2, 0) is 15.3 Å². The summed E-state index contributed by atoms with van der Waals surface area (Å²) in [4.78, 5) is 23.1. The highest BCUT2D eigenvalue weighted by atomic mass is 32.2. The molecule has 2 aromatic rings. The van der Waals surface area contributed by atoms with Crippen molar-refractivity contribution in [1.82, 2.24) is 5.43 Å². The first-order chi connectivity index (χ1) is 12.1. The van der Waals surface area contributed by atoms with E-state index in [0.717, 1.165) is 11.3 Å². The van der Waals surface area contributed by atoms with Gasteiger partial charge in [0.1, 0.15) is 0 Å². The number of benzene rings is 2. The van der Waals surface area contributed by atoms with Crippen molar-refractivity contribution in [3.8, 4) is 0 Å². The smallest absolute Gasteiger partial charge is 0.337 e. The molecule has 6 heteroatoms. The summed E-state index contributed by atoms with van der Waals surface area (Å²) in [5, 5.41) is 3.93. The minimum atomic E-state index is -0.387. The number of thioether (sulfide) groups is 1. The molecule has 0 aliphatic heterocycles. The van der Waals surface area contributed by atoms with Crippen LogP contribution < -0.4 is 5.43 Å². The van der Waals surface area contributed by atoms with E-state index in [1.54, 1.807) is 36.0 Å². The van der Waals surface area contributed by atoms with Crippen LogP contribution in [0.3, 0.4) is 0 Å². The van der Waals surface area contributed by atoms with Gasteiger partial charge in [-0.3, -0.25) is 4.79 Å². The molecule has 0 aromatic heterocycles. The number of esters is 1. The molecule has 0 atom stereocenters. The molecular formula is C19H20N2O3S. The lowest BCUT2D eigenvalue weighted by Crippen LogP contribution is -2.19. The predicted molar refractivity (Wildman–Crippen MR) is 101 cm³/mol. The second-order valence-corrected chi connectivity index (χ2v) is 6.31. The van der Waals surface area contributed by atoms with Crippen molar-refractivity contribution in [2.24, 2.45) is 5.10 Å². The van der Waals surface area contributed by atoms with Crippen LogP contribution in [0.2, 0.25) is 0 Å². The molecule has 0 unspecified atom stereocenters. The highest BCUT2D eigenvalue weighted by molar-refractivity contribution is 7.99. The zero-order chi connectivity index (χ0) is 18.1. The van der Waals surface area contributed by atoms with Crippen molar-refractivity contribution in [1.29, 1.82) is 0 Å². The van der Waals surface area contributed by atoms with Crippen molar-refractivity contribution in [3.63, 3.8) is 0 Å². The molecule has 130 valence electrons. The van der Waals surface area contributed by atoms with Gasteiger partial charge in [-0.2, -0.15) is 5.10 Å². The maximum atomic E-state index is 11.8. The Bertz CT molecular complexity index is 758. The maximum Gasteiger partial charge on any atom is 0.337 e. The largest absolute Gasteiger partial charge is 0.465 e. The molecular weight excluding hydrogens is 336 g/mol. The Morgan fingerprint density at radius 3 is 2.56 bits per heavy atom. The lowest BCUT2D eigenvalue weighted by atomic mass is 10.1. The number of methoxy groups -OCH3 is 1. The van der Waals surface area contributed by atoms with E-state index in [9.17, 15) is 9.59 Å². The number of carbonyl (C=O) groups is 2. The number of rotatable bonds is 7. The molecule has 0 aliphatic rings. The zero-order valence-corrected chi connectivity index (χ0v) is 15.0.